The predicted octanol–water partition coefficient (Wildman–Crippen LogP) is 2.40. The van der Waals surface area contributed by atoms with E-state index in [1.165, 1.54) is 18.6 Å². The third kappa shape index (κ3) is 1.38. The summed E-state index contributed by atoms with van der Waals surface area (Å²) in [5.74, 6) is 1.30. The average molecular weight is 259 g/mol. The van der Waals surface area contributed by atoms with Crippen LogP contribution < -0.4 is 4.65 Å². The number of amides is 1. The molecule has 1 saturated heterocycles. The number of nitrogens with zero attached hydrogens (tertiary/aromatic N) is 1. The minimum atomic E-state index is -0.817. The average Bonchev–Trinajstić information content (AvgIpc) is 3.05. The Morgan fingerprint density at radius 1 is 1.16 bits per heavy atom. The topological polar surface area (TPSA) is 60.4 Å². The molecule has 2 bridgehead atoms. The molecule has 1 aromatic carbocycles. The van der Waals surface area contributed by atoms with Gasteiger partial charge in [-0.2, -0.15) is 0 Å². The highest BCUT2D eigenvalue weighted by molar-refractivity contribution is 5.94. The molecule has 1 N–H and O–H groups in total. The van der Waals surface area contributed by atoms with E-state index in [0.717, 1.165) is 12.8 Å². The molecule has 4 heteroatoms. The number of carbonyl (C=O) groups excluding carboxylic acids is 1. The molecule has 1 aliphatic heterocycles. The van der Waals surface area contributed by atoms with Crippen molar-refractivity contribution in [2.24, 2.45) is 23.7 Å². The van der Waals surface area contributed by atoms with E-state index in [2.05, 4.69) is 0 Å². The Kier molecular flexibility index (Phi) is 2.16. The molecule has 0 radical (unpaired) electrons. The first-order chi connectivity index (χ1) is 9.09. The summed E-state index contributed by atoms with van der Waals surface area (Å²) < 4.78 is -0.817. The van der Waals surface area contributed by atoms with E-state index in [1.54, 1.807) is 12.1 Å². The molecule has 3 fully saturated rings. The standard InChI is InChI=1S/C15H17NO3/c17-12-5-3-11(4-6-12)16(19)8-13-9-1-2-10(7-9)14(13)15(16)18/h3-6,9-10,13-14,17H,1-2,7-8H2. The fourth-order valence-electron chi connectivity index (χ4n) is 4.61. The first-order valence-electron chi connectivity index (χ1n) is 7.03. The highest BCUT2D eigenvalue weighted by Crippen LogP contribution is 2.57. The van der Waals surface area contributed by atoms with Crippen LogP contribution in [0.2, 0.25) is 0 Å². The predicted molar refractivity (Wildman–Crippen MR) is 71.0 cm³/mol. The van der Waals surface area contributed by atoms with Crippen molar-refractivity contribution >= 4 is 11.6 Å². The second-order valence-electron chi connectivity index (χ2n) is 6.30. The van der Waals surface area contributed by atoms with Gasteiger partial charge in [0.25, 0.3) is 0 Å². The quantitative estimate of drug-likeness (QED) is 0.622. The fourth-order valence-corrected chi connectivity index (χ4v) is 4.61. The monoisotopic (exact) mass is 259 g/mol. The summed E-state index contributed by atoms with van der Waals surface area (Å²) in [7, 11) is 0. The van der Waals surface area contributed by atoms with Gasteiger partial charge in [-0.05, 0) is 43.2 Å². The number of quaternary nitrogens is 1. The van der Waals surface area contributed by atoms with Crippen LogP contribution in [0.25, 0.3) is 0 Å². The van der Waals surface area contributed by atoms with Crippen LogP contribution >= 0.6 is 0 Å². The summed E-state index contributed by atoms with van der Waals surface area (Å²) >= 11 is 0. The lowest BCUT2D eigenvalue weighted by molar-refractivity contribution is -0.129. The second kappa shape index (κ2) is 3.58. The molecule has 4 rings (SSSR count). The lowest BCUT2D eigenvalue weighted by Gasteiger charge is -2.36. The Morgan fingerprint density at radius 2 is 1.84 bits per heavy atom. The number of hydrogen-bond donors (Lipinski definition) is 1. The number of phenols is 1. The maximum Gasteiger partial charge on any atom is 0.322 e. The third-order valence-electron chi connectivity index (χ3n) is 5.46. The minimum Gasteiger partial charge on any atom is -0.620 e. The summed E-state index contributed by atoms with van der Waals surface area (Å²) in [6, 6.07) is 6.15. The van der Waals surface area contributed by atoms with Gasteiger partial charge in [0.2, 0.25) is 0 Å². The smallest absolute Gasteiger partial charge is 0.322 e. The van der Waals surface area contributed by atoms with Crippen molar-refractivity contribution in [3.8, 4) is 5.75 Å². The minimum absolute atomic E-state index is 0.00921. The van der Waals surface area contributed by atoms with Crippen LogP contribution in [0, 0.1) is 28.9 Å². The van der Waals surface area contributed by atoms with Gasteiger partial charge >= 0.3 is 5.91 Å². The van der Waals surface area contributed by atoms with Gasteiger partial charge in [-0.3, -0.25) is 4.65 Å². The first-order valence-corrected chi connectivity index (χ1v) is 7.03. The van der Waals surface area contributed by atoms with Crippen molar-refractivity contribution < 1.29 is 9.90 Å². The van der Waals surface area contributed by atoms with E-state index in [-0.39, 0.29) is 23.5 Å². The third-order valence-corrected chi connectivity index (χ3v) is 5.46. The molecule has 1 heterocycles. The van der Waals surface area contributed by atoms with Crippen molar-refractivity contribution in [3.63, 3.8) is 0 Å². The number of fused-ring (bicyclic) bond motifs is 5. The van der Waals surface area contributed by atoms with Gasteiger partial charge in [0.1, 0.15) is 11.4 Å². The van der Waals surface area contributed by atoms with Gasteiger partial charge in [-0.1, -0.05) is 0 Å². The molecule has 5 atom stereocenters. The van der Waals surface area contributed by atoms with Crippen molar-refractivity contribution in [2.75, 3.05) is 6.54 Å². The summed E-state index contributed by atoms with van der Waals surface area (Å²) in [4.78, 5) is 12.6. The molecule has 2 aliphatic carbocycles. The molecule has 3 aliphatic rings. The largest absolute Gasteiger partial charge is 0.620 e. The molecule has 0 aromatic heterocycles. The lowest BCUT2D eigenvalue weighted by atomic mass is 9.81. The van der Waals surface area contributed by atoms with E-state index < -0.39 is 4.65 Å². The number of carbonyl (C=O) groups is 1. The number of hydrogen-bond acceptors (Lipinski definition) is 3. The molecule has 2 saturated carbocycles. The van der Waals surface area contributed by atoms with Gasteiger partial charge in [0, 0.05) is 18.1 Å². The van der Waals surface area contributed by atoms with Crippen LogP contribution in [0.3, 0.4) is 0 Å². The zero-order valence-corrected chi connectivity index (χ0v) is 10.7. The van der Waals surface area contributed by atoms with Crippen molar-refractivity contribution in [3.05, 3.63) is 29.5 Å². The van der Waals surface area contributed by atoms with Crippen LogP contribution in [0.4, 0.5) is 5.69 Å². The Labute approximate surface area is 111 Å². The number of rotatable bonds is 1. The van der Waals surface area contributed by atoms with Crippen molar-refractivity contribution in [1.82, 2.24) is 4.65 Å². The Morgan fingerprint density at radius 3 is 2.53 bits per heavy atom. The van der Waals surface area contributed by atoms with Gasteiger partial charge < -0.3 is 10.3 Å². The molecule has 1 amide bonds. The van der Waals surface area contributed by atoms with Gasteiger partial charge in [-0.15, -0.1) is 0 Å². The molecule has 5 unspecified atom stereocenters. The molecule has 100 valence electrons. The summed E-state index contributed by atoms with van der Waals surface area (Å²) in [6.07, 6.45) is 3.46. The normalized spacial score (nSPS) is 43.7. The van der Waals surface area contributed by atoms with Crippen molar-refractivity contribution in [2.45, 2.75) is 19.3 Å². The van der Waals surface area contributed by atoms with E-state index in [0.29, 0.717) is 24.1 Å². The number of benzene rings is 1. The molecular formula is C15H17NO3. The second-order valence-corrected chi connectivity index (χ2v) is 6.30. The van der Waals surface area contributed by atoms with E-state index in [4.69, 9.17) is 0 Å². The molecule has 4 nitrogen and oxygen atoms in total. The molecular weight excluding hydrogens is 242 g/mol. The van der Waals surface area contributed by atoms with E-state index in [1.807, 2.05) is 0 Å². The Balaban J connectivity index is 1.73. The maximum absolute atomic E-state index is 13.0. The summed E-state index contributed by atoms with van der Waals surface area (Å²) in [5, 5.41) is 22.3. The maximum atomic E-state index is 13.0. The van der Waals surface area contributed by atoms with Crippen LogP contribution in [0.15, 0.2) is 24.3 Å². The lowest BCUT2D eigenvalue weighted by Crippen LogP contribution is -2.46. The highest BCUT2D eigenvalue weighted by Gasteiger charge is 2.62. The number of aromatic hydroxyl groups is 1. The number of hydroxylamine groups is 2. The zero-order chi connectivity index (χ0) is 13.2. The summed E-state index contributed by atoms with van der Waals surface area (Å²) in [5.41, 5.74) is 0.469. The first kappa shape index (κ1) is 11.4. The Hall–Kier alpha value is -1.39. The molecule has 1 aromatic rings. The SMILES string of the molecule is O=C1C2C3CCC(C3)C2C[N+]1([O-])c1ccc(O)cc1. The van der Waals surface area contributed by atoms with Crippen LogP contribution in [0.1, 0.15) is 19.3 Å². The number of phenolic OH excluding ortho intramolecular Hbond substituents is 1. The fraction of sp³-hybridized carbons (Fsp3) is 0.533. The van der Waals surface area contributed by atoms with Crippen LogP contribution in [-0.4, -0.2) is 17.6 Å². The van der Waals surface area contributed by atoms with Crippen LogP contribution in [-0.2, 0) is 4.79 Å². The highest BCUT2D eigenvalue weighted by atomic mass is 16.6. The molecule has 0 spiro atoms. The Bertz CT molecular complexity index is 541. The van der Waals surface area contributed by atoms with E-state index in [9.17, 15) is 15.1 Å². The summed E-state index contributed by atoms with van der Waals surface area (Å²) in [6.45, 7) is 0.398. The van der Waals surface area contributed by atoms with Gasteiger partial charge in [0.15, 0.2) is 0 Å². The van der Waals surface area contributed by atoms with E-state index >= 15 is 0 Å². The van der Waals surface area contributed by atoms with Gasteiger partial charge in [0.05, 0.1) is 12.5 Å². The van der Waals surface area contributed by atoms with Crippen molar-refractivity contribution in [1.29, 1.82) is 0 Å². The zero-order valence-electron chi connectivity index (χ0n) is 10.7. The van der Waals surface area contributed by atoms with Crippen LogP contribution in [0.5, 0.6) is 5.75 Å². The molecule has 19 heavy (non-hydrogen) atoms. The van der Waals surface area contributed by atoms with Gasteiger partial charge in [-0.25, -0.2) is 4.79 Å².